The van der Waals surface area contributed by atoms with Crippen molar-refractivity contribution in [1.82, 2.24) is 4.90 Å². The van der Waals surface area contributed by atoms with Crippen molar-refractivity contribution in [2.75, 3.05) is 24.4 Å². The van der Waals surface area contributed by atoms with Crippen LogP contribution in [0.4, 0.5) is 5.69 Å². The Labute approximate surface area is 162 Å². The molecule has 1 amide bonds. The molecule has 5 nitrogen and oxygen atoms in total. The molecule has 0 aromatic heterocycles. The molecule has 146 valence electrons. The van der Waals surface area contributed by atoms with E-state index in [-0.39, 0.29) is 10.8 Å². The molecule has 0 aliphatic heterocycles. The number of hydrogen-bond donors (Lipinski definition) is 0. The molecule has 0 heterocycles. The van der Waals surface area contributed by atoms with E-state index in [2.05, 4.69) is 6.92 Å². The number of carbonyl (C=O) groups is 1. The van der Waals surface area contributed by atoms with Gasteiger partial charge >= 0.3 is 0 Å². The number of carbonyl (C=O) groups excluding carboxylic acids is 1. The standard InChI is InChI=1S/C21H28N2O3S/c1-5-7-15-22(4)21(24)18-11-13-20(14-12-18)27(25,26)23(6-2)19-10-8-9-17(3)16-19/h8-14,16H,5-7,15H2,1-4H3. The number of hydrogen-bond acceptors (Lipinski definition) is 3. The highest BCUT2D eigenvalue weighted by Gasteiger charge is 2.24. The zero-order valence-corrected chi connectivity index (χ0v) is 17.3. The average molecular weight is 389 g/mol. The maximum Gasteiger partial charge on any atom is 0.264 e. The summed E-state index contributed by atoms with van der Waals surface area (Å²) in [4.78, 5) is 14.3. The van der Waals surface area contributed by atoms with Gasteiger partial charge in [0.15, 0.2) is 0 Å². The zero-order chi connectivity index (χ0) is 20.0. The lowest BCUT2D eigenvalue weighted by Crippen LogP contribution is -2.31. The van der Waals surface area contributed by atoms with Crippen LogP contribution in [0.25, 0.3) is 0 Å². The Morgan fingerprint density at radius 1 is 1.04 bits per heavy atom. The summed E-state index contributed by atoms with van der Waals surface area (Å²) in [5.41, 5.74) is 2.13. The van der Waals surface area contributed by atoms with Gasteiger partial charge in [-0.2, -0.15) is 0 Å². The lowest BCUT2D eigenvalue weighted by atomic mass is 10.2. The summed E-state index contributed by atoms with van der Waals surface area (Å²) < 4.78 is 27.5. The number of rotatable bonds is 8. The molecule has 0 radical (unpaired) electrons. The van der Waals surface area contributed by atoms with Crippen LogP contribution < -0.4 is 4.31 Å². The molecule has 0 bridgehead atoms. The molecule has 0 fully saturated rings. The Bertz CT molecular complexity index is 877. The van der Waals surface area contributed by atoms with Crippen molar-refractivity contribution in [2.45, 2.75) is 38.5 Å². The number of anilines is 1. The van der Waals surface area contributed by atoms with Crippen LogP contribution >= 0.6 is 0 Å². The van der Waals surface area contributed by atoms with Crippen LogP contribution in [-0.4, -0.2) is 39.4 Å². The minimum Gasteiger partial charge on any atom is -0.342 e. The minimum absolute atomic E-state index is 0.0987. The van der Waals surface area contributed by atoms with Gasteiger partial charge in [-0.3, -0.25) is 9.10 Å². The van der Waals surface area contributed by atoms with Crippen LogP contribution in [0.3, 0.4) is 0 Å². The third-order valence-electron chi connectivity index (χ3n) is 4.46. The second-order valence-corrected chi connectivity index (χ2v) is 8.48. The number of unbranched alkanes of at least 4 members (excludes halogenated alkanes) is 1. The highest BCUT2D eigenvalue weighted by atomic mass is 32.2. The van der Waals surface area contributed by atoms with E-state index in [4.69, 9.17) is 0 Å². The van der Waals surface area contributed by atoms with E-state index >= 15 is 0 Å². The largest absolute Gasteiger partial charge is 0.342 e. The van der Waals surface area contributed by atoms with E-state index in [0.29, 0.717) is 24.3 Å². The van der Waals surface area contributed by atoms with Crippen LogP contribution in [0.1, 0.15) is 42.6 Å². The third-order valence-corrected chi connectivity index (χ3v) is 6.38. The van der Waals surface area contributed by atoms with Crippen LogP contribution in [-0.2, 0) is 10.0 Å². The normalized spacial score (nSPS) is 11.3. The summed E-state index contributed by atoms with van der Waals surface area (Å²) in [5, 5.41) is 0. The lowest BCUT2D eigenvalue weighted by Gasteiger charge is -2.23. The second kappa shape index (κ2) is 9.04. The zero-order valence-electron chi connectivity index (χ0n) is 16.5. The van der Waals surface area contributed by atoms with Crippen molar-refractivity contribution >= 4 is 21.6 Å². The number of amides is 1. The first-order valence-corrected chi connectivity index (χ1v) is 10.7. The molecule has 0 aliphatic rings. The van der Waals surface area contributed by atoms with Gasteiger partial charge in [-0.05, 0) is 62.2 Å². The molecule has 0 saturated carbocycles. The van der Waals surface area contributed by atoms with E-state index in [1.54, 1.807) is 37.1 Å². The number of aryl methyl sites for hydroxylation is 1. The number of nitrogens with zero attached hydrogens (tertiary/aromatic N) is 2. The molecular formula is C21H28N2O3S. The molecule has 6 heteroatoms. The van der Waals surface area contributed by atoms with Gasteiger partial charge in [-0.25, -0.2) is 8.42 Å². The topological polar surface area (TPSA) is 57.7 Å². The Morgan fingerprint density at radius 2 is 1.70 bits per heavy atom. The smallest absolute Gasteiger partial charge is 0.264 e. The first-order valence-electron chi connectivity index (χ1n) is 9.26. The van der Waals surface area contributed by atoms with Gasteiger partial charge in [-0.1, -0.05) is 25.5 Å². The fourth-order valence-electron chi connectivity index (χ4n) is 2.89. The Hall–Kier alpha value is -2.34. The van der Waals surface area contributed by atoms with Crippen LogP contribution in [0, 0.1) is 6.92 Å². The van der Waals surface area contributed by atoms with Crippen LogP contribution in [0.15, 0.2) is 53.4 Å². The van der Waals surface area contributed by atoms with Gasteiger partial charge < -0.3 is 4.90 Å². The highest BCUT2D eigenvalue weighted by Crippen LogP contribution is 2.24. The number of benzene rings is 2. The molecule has 0 aliphatic carbocycles. The summed E-state index contributed by atoms with van der Waals surface area (Å²) in [6.07, 6.45) is 1.96. The third kappa shape index (κ3) is 4.89. The van der Waals surface area contributed by atoms with Gasteiger partial charge in [0, 0.05) is 25.7 Å². The predicted molar refractivity (Wildman–Crippen MR) is 110 cm³/mol. The second-order valence-electron chi connectivity index (χ2n) is 6.61. The van der Waals surface area contributed by atoms with Crippen LogP contribution in [0.2, 0.25) is 0 Å². The molecule has 0 spiro atoms. The van der Waals surface area contributed by atoms with Crippen molar-refractivity contribution in [3.63, 3.8) is 0 Å². The molecular weight excluding hydrogens is 360 g/mol. The molecule has 0 saturated heterocycles. The van der Waals surface area contributed by atoms with E-state index < -0.39 is 10.0 Å². The van der Waals surface area contributed by atoms with Crippen molar-refractivity contribution in [3.05, 3.63) is 59.7 Å². The number of sulfonamides is 1. The molecule has 0 atom stereocenters. The summed E-state index contributed by atoms with van der Waals surface area (Å²) in [7, 11) is -1.93. The van der Waals surface area contributed by atoms with Gasteiger partial charge in [0.05, 0.1) is 10.6 Å². The first kappa shape index (κ1) is 21.0. The van der Waals surface area contributed by atoms with E-state index in [9.17, 15) is 13.2 Å². The predicted octanol–water partition coefficient (Wildman–Crippen LogP) is 4.08. The molecule has 27 heavy (non-hydrogen) atoms. The van der Waals surface area contributed by atoms with Crippen molar-refractivity contribution in [1.29, 1.82) is 0 Å². The van der Waals surface area contributed by atoms with Crippen LogP contribution in [0.5, 0.6) is 0 Å². The van der Waals surface area contributed by atoms with E-state index in [0.717, 1.165) is 18.4 Å². The maximum atomic E-state index is 13.1. The summed E-state index contributed by atoms with van der Waals surface area (Å²) in [6.45, 7) is 6.82. The van der Waals surface area contributed by atoms with Gasteiger partial charge in [0.25, 0.3) is 15.9 Å². The molecule has 2 rings (SSSR count). The first-order chi connectivity index (χ1) is 12.8. The van der Waals surface area contributed by atoms with E-state index in [1.807, 2.05) is 25.1 Å². The molecule has 0 unspecified atom stereocenters. The van der Waals surface area contributed by atoms with E-state index in [1.165, 1.54) is 16.4 Å². The average Bonchev–Trinajstić information content (AvgIpc) is 2.66. The van der Waals surface area contributed by atoms with Gasteiger partial charge in [0.1, 0.15) is 0 Å². The highest BCUT2D eigenvalue weighted by molar-refractivity contribution is 7.92. The summed E-state index contributed by atoms with van der Waals surface area (Å²) >= 11 is 0. The molecule has 0 N–H and O–H groups in total. The summed E-state index contributed by atoms with van der Waals surface area (Å²) in [6, 6.07) is 13.6. The minimum atomic E-state index is -3.69. The lowest BCUT2D eigenvalue weighted by molar-refractivity contribution is 0.0793. The molecule has 2 aromatic carbocycles. The fourth-order valence-corrected chi connectivity index (χ4v) is 4.35. The molecule has 2 aromatic rings. The monoisotopic (exact) mass is 388 g/mol. The quantitative estimate of drug-likeness (QED) is 0.685. The SMILES string of the molecule is CCCCN(C)C(=O)c1ccc(S(=O)(=O)N(CC)c2cccc(C)c2)cc1. The van der Waals surface area contributed by atoms with Gasteiger partial charge in [-0.15, -0.1) is 0 Å². The summed E-state index contributed by atoms with van der Waals surface area (Å²) in [5.74, 6) is -0.0987. The maximum absolute atomic E-state index is 13.1. The van der Waals surface area contributed by atoms with Gasteiger partial charge in [0.2, 0.25) is 0 Å². The van der Waals surface area contributed by atoms with Crippen molar-refractivity contribution in [3.8, 4) is 0 Å². The van der Waals surface area contributed by atoms with Crippen molar-refractivity contribution in [2.24, 2.45) is 0 Å². The fraction of sp³-hybridized carbons (Fsp3) is 0.381. The Balaban J connectivity index is 2.27. The Kier molecular flexibility index (Phi) is 7.02. The Morgan fingerprint density at radius 3 is 2.26 bits per heavy atom. The van der Waals surface area contributed by atoms with Crippen molar-refractivity contribution < 1.29 is 13.2 Å².